The van der Waals surface area contributed by atoms with Crippen LogP contribution in [0.5, 0.6) is 0 Å². The van der Waals surface area contributed by atoms with Crippen LogP contribution in [0.3, 0.4) is 0 Å². The zero-order chi connectivity index (χ0) is 17.8. The first-order valence-corrected chi connectivity index (χ1v) is 9.84. The second-order valence-electron chi connectivity index (χ2n) is 6.40. The van der Waals surface area contributed by atoms with E-state index in [0.717, 1.165) is 49.1 Å². The van der Waals surface area contributed by atoms with Crippen LogP contribution in [0.2, 0.25) is 0 Å². The third-order valence-electron chi connectivity index (χ3n) is 4.66. The van der Waals surface area contributed by atoms with Crippen molar-refractivity contribution >= 4 is 33.3 Å². The number of para-hydroxylation sites is 2. The van der Waals surface area contributed by atoms with Gasteiger partial charge in [0, 0.05) is 22.7 Å². The smallest absolute Gasteiger partial charge is 0.138 e. The lowest BCUT2D eigenvalue weighted by Crippen LogP contribution is -2.19. The molecule has 0 spiro atoms. The van der Waals surface area contributed by atoms with Crippen LogP contribution in [0.1, 0.15) is 0 Å². The van der Waals surface area contributed by atoms with E-state index in [1.165, 1.54) is 0 Å². The number of hydrogen-bond acceptors (Lipinski definition) is 4. The molecule has 0 saturated carbocycles. The number of H-pyrrole nitrogens is 2. The maximum Gasteiger partial charge on any atom is 0.138 e. The summed E-state index contributed by atoms with van der Waals surface area (Å²) in [5.74, 6) is 0. The summed E-state index contributed by atoms with van der Waals surface area (Å²) in [4.78, 5) is 16.9. The Balaban J connectivity index is 1.43. The van der Waals surface area contributed by atoms with E-state index in [4.69, 9.17) is 8.80 Å². The maximum atomic E-state index is 4.75. The summed E-state index contributed by atoms with van der Waals surface area (Å²) >= 11 is -0.956. The highest BCUT2D eigenvalue weighted by Crippen LogP contribution is 2.39. The number of aromatic amines is 2. The fourth-order valence-electron chi connectivity index (χ4n) is 3.30. The molecule has 6 nitrogen and oxygen atoms in total. The van der Waals surface area contributed by atoms with Crippen LogP contribution < -0.4 is 10.7 Å². The molecule has 130 valence electrons. The molecule has 0 aliphatic carbocycles. The number of thiol groups is 1. The highest BCUT2D eigenvalue weighted by molar-refractivity contribution is 8.14. The van der Waals surface area contributed by atoms with Crippen molar-refractivity contribution in [2.75, 3.05) is 0 Å². The van der Waals surface area contributed by atoms with Crippen LogP contribution >= 0.6 is 11.3 Å². The van der Waals surface area contributed by atoms with Gasteiger partial charge < -0.3 is 9.97 Å². The molecular formula is C20H14N6S. The average molecular weight is 370 g/mol. The van der Waals surface area contributed by atoms with E-state index in [1.807, 2.05) is 54.9 Å². The molecule has 5 heterocycles. The first kappa shape index (κ1) is 14.7. The summed E-state index contributed by atoms with van der Waals surface area (Å²) in [7, 11) is 0. The molecule has 1 aliphatic rings. The van der Waals surface area contributed by atoms with Crippen LogP contribution in [0.25, 0.3) is 33.5 Å². The van der Waals surface area contributed by atoms with E-state index in [-0.39, 0.29) is 0 Å². The quantitative estimate of drug-likeness (QED) is 0.417. The van der Waals surface area contributed by atoms with Crippen molar-refractivity contribution in [3.05, 3.63) is 77.7 Å². The lowest BCUT2D eigenvalue weighted by atomic mass is 10.2. The van der Waals surface area contributed by atoms with Crippen LogP contribution in [-0.4, -0.2) is 19.9 Å². The predicted molar refractivity (Wildman–Crippen MR) is 107 cm³/mol. The van der Waals surface area contributed by atoms with E-state index >= 15 is 0 Å². The Labute approximate surface area is 156 Å². The molecule has 7 heteroatoms. The Morgan fingerprint density at radius 3 is 2.59 bits per heavy atom. The van der Waals surface area contributed by atoms with E-state index in [2.05, 4.69) is 32.1 Å². The SMILES string of the molecule is c1ccc2c(c1)=N[SH](c1cnc3cc(-c4ccc5cc[nH]c5n4)[nH]c3c1)N=2. The standard InChI is InChI=1S/C20H14N6S/c1-2-4-16-15(3-1)25-27(26-16)13-9-18-17(22-11-13)10-19(23-18)14-6-5-12-7-8-21-20(12)24-14/h1-11,23,27H,(H,21,24). The maximum absolute atomic E-state index is 4.75. The number of fused-ring (bicyclic) bond motifs is 3. The Morgan fingerprint density at radius 2 is 1.74 bits per heavy atom. The number of rotatable bonds is 2. The van der Waals surface area contributed by atoms with Crippen molar-refractivity contribution in [1.29, 1.82) is 0 Å². The molecule has 0 atom stereocenters. The molecule has 0 radical (unpaired) electrons. The van der Waals surface area contributed by atoms with Crippen LogP contribution in [0, 0.1) is 0 Å². The lowest BCUT2D eigenvalue weighted by molar-refractivity contribution is 1.28. The van der Waals surface area contributed by atoms with Gasteiger partial charge >= 0.3 is 0 Å². The molecule has 0 fully saturated rings. The summed E-state index contributed by atoms with van der Waals surface area (Å²) in [5.41, 5.74) is 4.60. The predicted octanol–water partition coefficient (Wildman–Crippen LogP) is 3.25. The summed E-state index contributed by atoms with van der Waals surface area (Å²) in [6.45, 7) is 0. The Kier molecular flexibility index (Phi) is 3.00. The fourth-order valence-corrected chi connectivity index (χ4v) is 4.73. The minimum Gasteiger partial charge on any atom is -0.352 e. The second kappa shape index (κ2) is 5.52. The minimum absolute atomic E-state index is 0.879. The van der Waals surface area contributed by atoms with E-state index in [0.29, 0.717) is 0 Å². The Morgan fingerprint density at radius 1 is 0.889 bits per heavy atom. The normalized spacial score (nSPS) is 14.3. The van der Waals surface area contributed by atoms with Gasteiger partial charge in [0.1, 0.15) is 5.65 Å². The van der Waals surface area contributed by atoms with Gasteiger partial charge in [-0.15, -0.1) is 0 Å². The first-order chi connectivity index (χ1) is 13.3. The van der Waals surface area contributed by atoms with Crippen LogP contribution in [0.4, 0.5) is 0 Å². The molecular weight excluding hydrogens is 356 g/mol. The van der Waals surface area contributed by atoms with Gasteiger partial charge in [-0.1, -0.05) is 12.1 Å². The molecule has 6 rings (SSSR count). The molecule has 2 N–H and O–H groups in total. The number of hydrogen-bond donors (Lipinski definition) is 3. The molecule has 1 aliphatic heterocycles. The van der Waals surface area contributed by atoms with Crippen molar-refractivity contribution in [3.63, 3.8) is 0 Å². The number of benzene rings is 1. The van der Waals surface area contributed by atoms with Gasteiger partial charge in [-0.3, -0.25) is 4.98 Å². The molecule has 0 saturated heterocycles. The van der Waals surface area contributed by atoms with Crippen molar-refractivity contribution < 1.29 is 0 Å². The van der Waals surface area contributed by atoms with Gasteiger partial charge in [0.2, 0.25) is 0 Å². The topological polar surface area (TPSA) is 82.1 Å². The summed E-state index contributed by atoms with van der Waals surface area (Å²) < 4.78 is 9.50. The highest BCUT2D eigenvalue weighted by Gasteiger charge is 2.12. The van der Waals surface area contributed by atoms with Gasteiger partial charge in [-0.05, 0) is 53.7 Å². The minimum atomic E-state index is -0.956. The van der Waals surface area contributed by atoms with Crippen molar-refractivity contribution in [3.8, 4) is 11.4 Å². The van der Waals surface area contributed by atoms with Crippen LogP contribution in [-0.2, 0) is 0 Å². The lowest BCUT2D eigenvalue weighted by Gasteiger charge is -2.07. The number of aromatic nitrogens is 4. The summed E-state index contributed by atoms with van der Waals surface area (Å²) in [6.07, 6.45) is 3.78. The molecule has 0 amide bonds. The van der Waals surface area contributed by atoms with Crippen molar-refractivity contribution in [2.24, 2.45) is 8.80 Å². The molecule has 0 unspecified atom stereocenters. The molecule has 5 aromatic rings. The molecule has 4 aromatic heterocycles. The van der Waals surface area contributed by atoms with E-state index in [9.17, 15) is 0 Å². The zero-order valence-corrected chi connectivity index (χ0v) is 15.0. The summed E-state index contributed by atoms with van der Waals surface area (Å²) in [6, 6.07) is 18.2. The first-order valence-electron chi connectivity index (χ1n) is 8.59. The largest absolute Gasteiger partial charge is 0.352 e. The monoisotopic (exact) mass is 370 g/mol. The third-order valence-corrected chi connectivity index (χ3v) is 6.17. The Hall–Kier alpha value is -3.45. The van der Waals surface area contributed by atoms with Gasteiger partial charge in [0.25, 0.3) is 0 Å². The third kappa shape index (κ3) is 2.36. The van der Waals surface area contributed by atoms with Crippen molar-refractivity contribution in [2.45, 2.75) is 4.90 Å². The van der Waals surface area contributed by atoms with Gasteiger partial charge in [-0.2, -0.15) is 0 Å². The van der Waals surface area contributed by atoms with E-state index in [1.54, 1.807) is 0 Å². The second-order valence-corrected chi connectivity index (χ2v) is 7.89. The highest BCUT2D eigenvalue weighted by atomic mass is 32.2. The number of nitrogens with zero attached hydrogens (tertiary/aromatic N) is 4. The average Bonchev–Trinajstić information content (AvgIpc) is 3.42. The molecule has 27 heavy (non-hydrogen) atoms. The van der Waals surface area contributed by atoms with Crippen LogP contribution in [0.15, 0.2) is 80.7 Å². The number of nitrogens with one attached hydrogen (secondary N) is 2. The van der Waals surface area contributed by atoms with E-state index < -0.39 is 11.3 Å². The zero-order valence-electron chi connectivity index (χ0n) is 14.1. The summed E-state index contributed by atoms with van der Waals surface area (Å²) in [5, 5.41) is 3.01. The van der Waals surface area contributed by atoms with Gasteiger partial charge in [-0.25, -0.2) is 13.8 Å². The van der Waals surface area contributed by atoms with Gasteiger partial charge in [0.05, 0.1) is 33.1 Å². The fraction of sp³-hybridized carbons (Fsp3) is 0. The van der Waals surface area contributed by atoms with Crippen molar-refractivity contribution in [1.82, 2.24) is 19.9 Å². The molecule has 0 bridgehead atoms. The molecule has 1 aromatic carbocycles. The Bertz CT molecular complexity index is 1410. The van der Waals surface area contributed by atoms with Gasteiger partial charge in [0.15, 0.2) is 0 Å². The number of pyridine rings is 2.